The van der Waals surface area contributed by atoms with E-state index in [0.717, 1.165) is 12.4 Å². The maximum Gasteiger partial charge on any atom is 0.158 e. The van der Waals surface area contributed by atoms with Crippen molar-refractivity contribution in [2.24, 2.45) is 5.73 Å². The zero-order chi connectivity index (χ0) is 10.9. The standard InChI is InChI=1S/C9H17N3O2/c1-11-5-7(12(2,3)6-11)4-8(10)9(13)14/h5,8H,4,6,10H2,1-3H3. The molecule has 1 unspecified atom stereocenters. The van der Waals surface area contributed by atoms with Crippen molar-refractivity contribution in [3.05, 3.63) is 11.9 Å². The van der Waals surface area contributed by atoms with Crippen LogP contribution in [0.25, 0.3) is 0 Å². The lowest BCUT2D eigenvalue weighted by molar-refractivity contribution is -0.854. The van der Waals surface area contributed by atoms with Crippen LogP contribution in [0.5, 0.6) is 0 Å². The summed E-state index contributed by atoms with van der Waals surface area (Å²) in [5.74, 6) is -1.19. The van der Waals surface area contributed by atoms with Crippen LogP contribution < -0.4 is 10.8 Å². The van der Waals surface area contributed by atoms with Gasteiger partial charge in [-0.15, -0.1) is 0 Å². The van der Waals surface area contributed by atoms with Gasteiger partial charge < -0.3 is 20.5 Å². The molecule has 0 radical (unpaired) electrons. The summed E-state index contributed by atoms with van der Waals surface area (Å²) in [7, 11) is 6.01. The quantitative estimate of drug-likeness (QED) is 0.549. The molecule has 0 aromatic carbocycles. The number of hydrogen-bond acceptors (Lipinski definition) is 4. The molecule has 0 fully saturated rings. The van der Waals surface area contributed by atoms with E-state index in [1.165, 1.54) is 0 Å². The number of carboxylic acids is 1. The van der Waals surface area contributed by atoms with E-state index in [2.05, 4.69) is 0 Å². The summed E-state index contributed by atoms with van der Waals surface area (Å²) in [5.41, 5.74) is 6.45. The second-order valence-corrected chi connectivity index (χ2v) is 4.33. The Morgan fingerprint density at radius 1 is 1.79 bits per heavy atom. The molecule has 0 bridgehead atoms. The maximum absolute atomic E-state index is 10.5. The molecule has 0 spiro atoms. The lowest BCUT2D eigenvalue weighted by atomic mass is 10.1. The highest BCUT2D eigenvalue weighted by atomic mass is 16.4. The number of nitrogens with two attached hydrogens (primary N) is 1. The first-order chi connectivity index (χ1) is 6.33. The summed E-state index contributed by atoms with van der Waals surface area (Å²) in [6, 6.07) is -0.912. The van der Waals surface area contributed by atoms with Crippen molar-refractivity contribution in [3.63, 3.8) is 0 Å². The number of carbonyl (C=O) groups is 1. The minimum absolute atomic E-state index is 0.347. The Kier molecular flexibility index (Phi) is 2.82. The zero-order valence-electron chi connectivity index (χ0n) is 8.86. The number of carbonyl (C=O) groups excluding carboxylic acids is 1. The molecule has 1 aliphatic rings. The van der Waals surface area contributed by atoms with Crippen molar-refractivity contribution in [3.8, 4) is 0 Å². The van der Waals surface area contributed by atoms with Gasteiger partial charge in [-0.25, -0.2) is 0 Å². The number of hydrogen-bond donors (Lipinski definition) is 1. The molecule has 1 heterocycles. The third kappa shape index (κ3) is 2.24. The molecular formula is C9H17N3O2. The molecule has 0 aromatic heterocycles. The zero-order valence-corrected chi connectivity index (χ0v) is 8.86. The van der Waals surface area contributed by atoms with E-state index in [-0.39, 0.29) is 0 Å². The van der Waals surface area contributed by atoms with Crippen LogP contribution in [0, 0.1) is 0 Å². The highest BCUT2D eigenvalue weighted by molar-refractivity contribution is 5.71. The van der Waals surface area contributed by atoms with Crippen LogP contribution in [-0.4, -0.2) is 49.2 Å². The van der Waals surface area contributed by atoms with Crippen molar-refractivity contribution in [1.29, 1.82) is 0 Å². The molecule has 0 saturated heterocycles. The third-order valence-corrected chi connectivity index (χ3v) is 2.46. The summed E-state index contributed by atoms with van der Waals surface area (Å²) in [6.07, 6.45) is 2.29. The minimum atomic E-state index is -1.19. The van der Waals surface area contributed by atoms with Crippen molar-refractivity contribution in [2.45, 2.75) is 12.5 Å². The van der Waals surface area contributed by atoms with Gasteiger partial charge >= 0.3 is 0 Å². The predicted octanol–water partition coefficient (Wildman–Crippen LogP) is -1.73. The fourth-order valence-corrected chi connectivity index (χ4v) is 1.71. The van der Waals surface area contributed by atoms with E-state index < -0.39 is 12.0 Å². The number of quaternary nitrogens is 1. The fourth-order valence-electron chi connectivity index (χ4n) is 1.71. The number of nitrogens with zero attached hydrogens (tertiary/aromatic N) is 2. The highest BCUT2D eigenvalue weighted by Crippen LogP contribution is 2.23. The molecule has 0 aromatic rings. The van der Waals surface area contributed by atoms with Crippen LogP contribution in [0.3, 0.4) is 0 Å². The Morgan fingerprint density at radius 2 is 2.36 bits per heavy atom. The van der Waals surface area contributed by atoms with Gasteiger partial charge in [0, 0.05) is 13.5 Å². The molecule has 5 nitrogen and oxygen atoms in total. The normalized spacial score (nSPS) is 22.0. The summed E-state index contributed by atoms with van der Waals surface area (Å²) in [4.78, 5) is 12.5. The molecule has 0 aliphatic carbocycles. The second kappa shape index (κ2) is 3.59. The van der Waals surface area contributed by atoms with Gasteiger partial charge in [0.15, 0.2) is 6.67 Å². The van der Waals surface area contributed by atoms with E-state index >= 15 is 0 Å². The average molecular weight is 199 g/mol. The predicted molar refractivity (Wildman–Crippen MR) is 50.4 cm³/mol. The van der Waals surface area contributed by atoms with E-state index in [1.807, 2.05) is 32.2 Å². The van der Waals surface area contributed by atoms with Gasteiger partial charge in [0.25, 0.3) is 0 Å². The Morgan fingerprint density at radius 3 is 2.71 bits per heavy atom. The smallest absolute Gasteiger partial charge is 0.158 e. The molecule has 0 amide bonds. The monoisotopic (exact) mass is 199 g/mol. The van der Waals surface area contributed by atoms with Gasteiger partial charge in [-0.05, 0) is 0 Å². The second-order valence-electron chi connectivity index (χ2n) is 4.33. The van der Waals surface area contributed by atoms with Gasteiger partial charge in [0.2, 0.25) is 0 Å². The maximum atomic E-state index is 10.5. The Labute approximate surface area is 84.0 Å². The minimum Gasteiger partial charge on any atom is -0.548 e. The first-order valence-electron chi connectivity index (χ1n) is 4.54. The number of aliphatic carboxylic acids is 1. The topological polar surface area (TPSA) is 69.4 Å². The van der Waals surface area contributed by atoms with Crippen LogP contribution in [0.1, 0.15) is 6.42 Å². The Hall–Kier alpha value is -1.07. The van der Waals surface area contributed by atoms with Gasteiger partial charge in [-0.2, -0.15) is 0 Å². The van der Waals surface area contributed by atoms with Gasteiger partial charge in [0.05, 0.1) is 32.3 Å². The van der Waals surface area contributed by atoms with Gasteiger partial charge in [0.1, 0.15) is 5.70 Å². The van der Waals surface area contributed by atoms with Crippen molar-refractivity contribution in [1.82, 2.24) is 4.90 Å². The van der Waals surface area contributed by atoms with Crippen LogP contribution >= 0.6 is 0 Å². The molecule has 1 rings (SSSR count). The third-order valence-electron chi connectivity index (χ3n) is 2.46. The summed E-state index contributed by atoms with van der Waals surface area (Å²) >= 11 is 0. The van der Waals surface area contributed by atoms with E-state index in [9.17, 15) is 9.90 Å². The highest BCUT2D eigenvalue weighted by Gasteiger charge is 2.31. The molecule has 14 heavy (non-hydrogen) atoms. The molecular weight excluding hydrogens is 182 g/mol. The SMILES string of the molecule is CN1C=C(CC(N)C(=O)[O-])[N+](C)(C)C1. The fraction of sp³-hybridized carbons (Fsp3) is 0.667. The van der Waals surface area contributed by atoms with E-state index in [0.29, 0.717) is 10.9 Å². The average Bonchev–Trinajstić information content (AvgIpc) is 2.24. The molecule has 0 saturated carbocycles. The number of rotatable bonds is 3. The first kappa shape index (κ1) is 11.0. The van der Waals surface area contributed by atoms with Crippen LogP contribution in [-0.2, 0) is 4.79 Å². The van der Waals surface area contributed by atoms with E-state index in [4.69, 9.17) is 5.73 Å². The van der Waals surface area contributed by atoms with Crippen LogP contribution in [0.15, 0.2) is 11.9 Å². The lowest BCUT2D eigenvalue weighted by Crippen LogP contribution is -2.45. The van der Waals surface area contributed by atoms with Crippen molar-refractivity contribution < 1.29 is 14.4 Å². The molecule has 2 N–H and O–H groups in total. The first-order valence-corrected chi connectivity index (χ1v) is 4.54. The van der Waals surface area contributed by atoms with Gasteiger partial charge in [-0.3, -0.25) is 4.48 Å². The van der Waals surface area contributed by atoms with Crippen LogP contribution in [0.2, 0.25) is 0 Å². The largest absolute Gasteiger partial charge is 0.548 e. The van der Waals surface area contributed by atoms with Crippen LogP contribution in [0.4, 0.5) is 0 Å². The molecule has 1 aliphatic heterocycles. The molecule has 5 heteroatoms. The number of carboxylic acid groups (broad SMARTS) is 1. The Bertz CT molecular complexity index is 273. The lowest BCUT2D eigenvalue weighted by Gasteiger charge is -2.28. The summed E-state index contributed by atoms with van der Waals surface area (Å²) in [6.45, 7) is 0.842. The van der Waals surface area contributed by atoms with E-state index in [1.54, 1.807) is 0 Å². The Balaban J connectivity index is 2.69. The summed E-state index contributed by atoms with van der Waals surface area (Å²) < 4.78 is 0.664. The van der Waals surface area contributed by atoms with Gasteiger partial charge in [-0.1, -0.05) is 0 Å². The molecule has 80 valence electrons. The van der Waals surface area contributed by atoms with Crippen molar-refractivity contribution in [2.75, 3.05) is 27.8 Å². The van der Waals surface area contributed by atoms with Crippen molar-refractivity contribution >= 4 is 5.97 Å². The summed E-state index contributed by atoms with van der Waals surface area (Å²) in [5, 5.41) is 10.5. The molecule has 1 atom stereocenters.